The summed E-state index contributed by atoms with van der Waals surface area (Å²) in [7, 11) is 0. The zero-order valence-corrected chi connectivity index (χ0v) is 12.6. The van der Waals surface area contributed by atoms with E-state index in [0.717, 1.165) is 25.1 Å². The van der Waals surface area contributed by atoms with Crippen LogP contribution in [0.1, 0.15) is 43.1 Å². The molecule has 4 heteroatoms. The summed E-state index contributed by atoms with van der Waals surface area (Å²) in [5.41, 5.74) is 2.69. The number of nitrogens with zero attached hydrogens (tertiary/aromatic N) is 2. The molecule has 0 bridgehead atoms. The maximum absolute atomic E-state index is 11.4. The van der Waals surface area contributed by atoms with Crippen LogP contribution in [-0.2, 0) is 0 Å². The number of hydrogen-bond donors (Lipinski definition) is 1. The molecule has 0 radical (unpaired) electrons. The number of carboxylic acids is 1. The predicted molar refractivity (Wildman–Crippen MR) is 80.3 cm³/mol. The molecule has 108 valence electrons. The Morgan fingerprint density at radius 2 is 2.10 bits per heavy atom. The molecule has 2 heterocycles. The number of carbonyl (C=O) groups is 1. The van der Waals surface area contributed by atoms with E-state index in [4.69, 9.17) is 0 Å². The molecule has 0 aliphatic carbocycles. The Morgan fingerprint density at radius 3 is 2.60 bits per heavy atom. The van der Waals surface area contributed by atoms with Crippen molar-refractivity contribution in [3.63, 3.8) is 0 Å². The highest BCUT2D eigenvalue weighted by molar-refractivity contribution is 5.95. The number of aromatic nitrogens is 1. The highest BCUT2D eigenvalue weighted by Crippen LogP contribution is 2.32. The quantitative estimate of drug-likeness (QED) is 0.841. The minimum absolute atomic E-state index is 0.182. The standard InChI is InChI=1S/C16H22N2O2/c1-11-5-8-17-14(13(11)15(19)20)18-9-6-12(7-10-18)16(2,3)4/h5-6,8H,7,9-10H2,1-4H3,(H,19,20). The van der Waals surface area contributed by atoms with Crippen LogP contribution < -0.4 is 4.90 Å². The first kappa shape index (κ1) is 14.6. The van der Waals surface area contributed by atoms with Crippen LogP contribution in [0.5, 0.6) is 0 Å². The lowest BCUT2D eigenvalue weighted by Crippen LogP contribution is -2.33. The van der Waals surface area contributed by atoms with Crippen LogP contribution in [0.2, 0.25) is 0 Å². The molecular formula is C16H22N2O2. The Labute approximate surface area is 120 Å². The van der Waals surface area contributed by atoms with Crippen molar-refractivity contribution < 1.29 is 9.90 Å². The van der Waals surface area contributed by atoms with Gasteiger partial charge in [0.25, 0.3) is 0 Å². The van der Waals surface area contributed by atoms with E-state index in [1.54, 1.807) is 12.3 Å². The van der Waals surface area contributed by atoms with Crippen molar-refractivity contribution >= 4 is 11.8 Å². The molecule has 0 spiro atoms. The summed E-state index contributed by atoms with van der Waals surface area (Å²) in [5, 5.41) is 9.38. The van der Waals surface area contributed by atoms with E-state index in [1.165, 1.54) is 5.57 Å². The maximum Gasteiger partial charge on any atom is 0.339 e. The van der Waals surface area contributed by atoms with Crippen molar-refractivity contribution in [2.75, 3.05) is 18.0 Å². The predicted octanol–water partition coefficient (Wildman–Crippen LogP) is 3.27. The van der Waals surface area contributed by atoms with Gasteiger partial charge < -0.3 is 10.0 Å². The normalized spacial score (nSPS) is 16.0. The average molecular weight is 274 g/mol. The second kappa shape index (κ2) is 5.27. The molecule has 4 nitrogen and oxygen atoms in total. The third-order valence-electron chi connectivity index (χ3n) is 3.83. The molecular weight excluding hydrogens is 252 g/mol. The Hall–Kier alpha value is -1.84. The lowest BCUT2D eigenvalue weighted by atomic mass is 9.83. The molecule has 0 saturated carbocycles. The number of pyridine rings is 1. The summed E-state index contributed by atoms with van der Waals surface area (Å²) in [4.78, 5) is 17.8. The van der Waals surface area contributed by atoms with E-state index >= 15 is 0 Å². The Morgan fingerprint density at radius 1 is 1.40 bits per heavy atom. The number of rotatable bonds is 2. The van der Waals surface area contributed by atoms with Gasteiger partial charge in [0.15, 0.2) is 0 Å². The summed E-state index contributed by atoms with van der Waals surface area (Å²) in [6, 6.07) is 1.74. The van der Waals surface area contributed by atoms with Crippen molar-refractivity contribution in [2.45, 2.75) is 34.1 Å². The van der Waals surface area contributed by atoms with E-state index < -0.39 is 5.97 Å². The largest absolute Gasteiger partial charge is 0.478 e. The van der Waals surface area contributed by atoms with E-state index in [-0.39, 0.29) is 5.41 Å². The van der Waals surface area contributed by atoms with Gasteiger partial charge in [-0.25, -0.2) is 9.78 Å². The van der Waals surface area contributed by atoms with Gasteiger partial charge in [0.05, 0.1) is 0 Å². The highest BCUT2D eigenvalue weighted by atomic mass is 16.4. The summed E-state index contributed by atoms with van der Waals surface area (Å²) in [6.45, 7) is 9.99. The fraction of sp³-hybridized carbons (Fsp3) is 0.500. The number of aryl methyl sites for hydroxylation is 1. The van der Waals surface area contributed by atoms with Gasteiger partial charge in [-0.15, -0.1) is 0 Å². The van der Waals surface area contributed by atoms with E-state index in [9.17, 15) is 9.90 Å². The first-order valence-electron chi connectivity index (χ1n) is 6.94. The van der Waals surface area contributed by atoms with Gasteiger partial charge in [-0.3, -0.25) is 0 Å². The van der Waals surface area contributed by atoms with Crippen molar-refractivity contribution in [3.8, 4) is 0 Å². The van der Waals surface area contributed by atoms with Gasteiger partial charge in [-0.1, -0.05) is 32.4 Å². The fourth-order valence-corrected chi connectivity index (χ4v) is 2.59. The first-order chi connectivity index (χ1) is 9.30. The number of carboxylic acid groups (broad SMARTS) is 1. The molecule has 20 heavy (non-hydrogen) atoms. The fourth-order valence-electron chi connectivity index (χ4n) is 2.59. The van der Waals surface area contributed by atoms with Crippen LogP contribution in [0.3, 0.4) is 0 Å². The van der Waals surface area contributed by atoms with Crippen LogP contribution in [0.4, 0.5) is 5.82 Å². The van der Waals surface area contributed by atoms with Crippen molar-refractivity contribution in [2.24, 2.45) is 5.41 Å². The SMILES string of the molecule is Cc1ccnc(N2CC=C(C(C)(C)C)CC2)c1C(=O)O. The molecule has 0 unspecified atom stereocenters. The zero-order valence-electron chi connectivity index (χ0n) is 12.6. The van der Waals surface area contributed by atoms with Crippen molar-refractivity contribution in [1.29, 1.82) is 0 Å². The van der Waals surface area contributed by atoms with Crippen molar-refractivity contribution in [3.05, 3.63) is 35.0 Å². The second-order valence-corrected chi connectivity index (χ2v) is 6.31. The molecule has 1 aliphatic rings. The van der Waals surface area contributed by atoms with Crippen LogP contribution in [0, 0.1) is 12.3 Å². The van der Waals surface area contributed by atoms with Gasteiger partial charge in [0.1, 0.15) is 11.4 Å². The zero-order chi connectivity index (χ0) is 14.9. The van der Waals surface area contributed by atoms with Gasteiger partial charge in [-0.05, 0) is 30.4 Å². The van der Waals surface area contributed by atoms with E-state index in [0.29, 0.717) is 11.4 Å². The average Bonchev–Trinajstić information content (AvgIpc) is 2.37. The monoisotopic (exact) mass is 274 g/mol. The minimum atomic E-state index is -0.906. The van der Waals surface area contributed by atoms with E-state index in [1.807, 2.05) is 11.8 Å². The van der Waals surface area contributed by atoms with Gasteiger partial charge in [0.2, 0.25) is 0 Å². The summed E-state index contributed by atoms with van der Waals surface area (Å²) < 4.78 is 0. The molecule has 1 aliphatic heterocycles. The molecule has 1 aromatic rings. The van der Waals surface area contributed by atoms with Crippen LogP contribution in [0.25, 0.3) is 0 Å². The molecule has 1 N–H and O–H groups in total. The minimum Gasteiger partial charge on any atom is -0.478 e. The number of hydrogen-bond acceptors (Lipinski definition) is 3. The molecule has 2 rings (SSSR count). The molecule has 1 aromatic heterocycles. The molecule has 0 fully saturated rings. The van der Waals surface area contributed by atoms with Crippen LogP contribution in [-0.4, -0.2) is 29.1 Å². The van der Waals surface area contributed by atoms with E-state index in [2.05, 4.69) is 31.8 Å². The first-order valence-corrected chi connectivity index (χ1v) is 6.94. The molecule has 0 atom stereocenters. The van der Waals surface area contributed by atoms with Crippen molar-refractivity contribution in [1.82, 2.24) is 4.98 Å². The summed E-state index contributed by atoms with van der Waals surface area (Å²) >= 11 is 0. The Bertz CT molecular complexity index is 556. The third kappa shape index (κ3) is 2.84. The summed E-state index contributed by atoms with van der Waals surface area (Å²) in [6.07, 6.45) is 4.84. The Kier molecular flexibility index (Phi) is 3.84. The smallest absolute Gasteiger partial charge is 0.339 e. The third-order valence-corrected chi connectivity index (χ3v) is 3.83. The van der Waals surface area contributed by atoms with Gasteiger partial charge >= 0.3 is 5.97 Å². The Balaban J connectivity index is 2.30. The highest BCUT2D eigenvalue weighted by Gasteiger charge is 2.25. The topological polar surface area (TPSA) is 53.4 Å². The molecule has 0 saturated heterocycles. The molecule has 0 amide bonds. The van der Waals surface area contributed by atoms with Gasteiger partial charge in [-0.2, -0.15) is 0 Å². The van der Waals surface area contributed by atoms with Crippen LogP contribution in [0.15, 0.2) is 23.9 Å². The maximum atomic E-state index is 11.4. The number of aromatic carboxylic acids is 1. The second-order valence-electron chi connectivity index (χ2n) is 6.31. The van der Waals surface area contributed by atoms with Crippen LogP contribution >= 0.6 is 0 Å². The summed E-state index contributed by atoms with van der Waals surface area (Å²) in [5.74, 6) is -0.321. The lowest BCUT2D eigenvalue weighted by molar-refractivity contribution is 0.0696. The van der Waals surface area contributed by atoms with Gasteiger partial charge in [0, 0.05) is 19.3 Å². The number of anilines is 1. The lowest BCUT2D eigenvalue weighted by Gasteiger charge is -2.33. The molecule has 0 aromatic carbocycles.